The van der Waals surface area contributed by atoms with E-state index in [-0.39, 0.29) is 10.9 Å². The highest BCUT2D eigenvalue weighted by atomic mass is 35.5. The summed E-state index contributed by atoms with van der Waals surface area (Å²) in [5.74, 6) is 2.14. The first-order valence-corrected chi connectivity index (χ1v) is 8.22. The van der Waals surface area contributed by atoms with Crippen molar-refractivity contribution in [3.63, 3.8) is 0 Å². The molecule has 2 aromatic rings. The van der Waals surface area contributed by atoms with Crippen LogP contribution in [0.25, 0.3) is 11.0 Å². The van der Waals surface area contributed by atoms with Crippen molar-refractivity contribution in [3.05, 3.63) is 29.6 Å². The van der Waals surface area contributed by atoms with Gasteiger partial charge < -0.3 is 4.57 Å². The summed E-state index contributed by atoms with van der Waals surface area (Å²) in [5.41, 5.74) is 0.710. The van der Waals surface area contributed by atoms with Gasteiger partial charge in [-0.1, -0.05) is 0 Å². The minimum Gasteiger partial charge on any atom is -0.326 e. The van der Waals surface area contributed by atoms with Gasteiger partial charge in [0.1, 0.15) is 17.2 Å². The second-order valence-corrected chi connectivity index (χ2v) is 6.99. The quantitative estimate of drug-likeness (QED) is 0.783. The molecule has 0 bridgehead atoms. The third kappa shape index (κ3) is 2.53. The zero-order chi connectivity index (χ0) is 14.3. The molecule has 1 aliphatic rings. The van der Waals surface area contributed by atoms with Crippen LogP contribution < -0.4 is 0 Å². The van der Waals surface area contributed by atoms with E-state index in [1.54, 1.807) is 6.92 Å². The first-order valence-electron chi connectivity index (χ1n) is 6.63. The van der Waals surface area contributed by atoms with Crippen molar-refractivity contribution in [1.82, 2.24) is 9.55 Å². The van der Waals surface area contributed by atoms with E-state index < -0.39 is 11.6 Å². The largest absolute Gasteiger partial charge is 0.326 e. The molecule has 1 aromatic heterocycles. The normalized spacial score (nSPS) is 20.7. The zero-order valence-electron chi connectivity index (χ0n) is 11.1. The third-order valence-corrected chi connectivity index (χ3v) is 5.05. The number of rotatable bonds is 3. The molecular weight excluding hydrogens is 302 g/mol. The second kappa shape index (κ2) is 5.53. The number of halogens is 3. The topological polar surface area (TPSA) is 17.8 Å². The summed E-state index contributed by atoms with van der Waals surface area (Å²) in [6.07, 6.45) is 1.12. The molecule has 1 aliphatic heterocycles. The van der Waals surface area contributed by atoms with Gasteiger partial charge in [0.2, 0.25) is 0 Å². The molecule has 20 heavy (non-hydrogen) atoms. The summed E-state index contributed by atoms with van der Waals surface area (Å²) in [5, 5.41) is -0.334. The Morgan fingerprint density at radius 3 is 2.95 bits per heavy atom. The highest BCUT2D eigenvalue weighted by Crippen LogP contribution is 2.31. The second-order valence-electron chi connectivity index (χ2n) is 5.18. The van der Waals surface area contributed by atoms with Crippen molar-refractivity contribution in [3.8, 4) is 0 Å². The maximum absolute atomic E-state index is 13.9. The Hall–Kier alpha value is -0.810. The molecule has 2 nitrogen and oxygen atoms in total. The number of hydrogen-bond acceptors (Lipinski definition) is 2. The molecule has 6 heteroatoms. The first kappa shape index (κ1) is 14.1. The number of alkyl halides is 1. The average molecular weight is 317 g/mol. The molecule has 0 amide bonds. The lowest BCUT2D eigenvalue weighted by Gasteiger charge is -2.14. The van der Waals surface area contributed by atoms with Crippen LogP contribution in [0.2, 0.25) is 0 Å². The number of imidazole rings is 1. The predicted octanol–water partition coefficient (Wildman–Crippen LogP) is 4.37. The Balaban J connectivity index is 2.12. The number of fused-ring (bicyclic) bond motifs is 1. The van der Waals surface area contributed by atoms with Crippen molar-refractivity contribution < 1.29 is 8.78 Å². The van der Waals surface area contributed by atoms with Crippen LogP contribution in [-0.2, 0) is 6.54 Å². The van der Waals surface area contributed by atoms with Crippen LogP contribution in [0.5, 0.6) is 0 Å². The van der Waals surface area contributed by atoms with E-state index in [0.717, 1.165) is 30.5 Å². The lowest BCUT2D eigenvalue weighted by molar-refractivity contribution is 0.488. The SMILES string of the molecule is CC(Cl)c1nc2c(F)cc(F)cc2n1CC1CCSC1. The van der Waals surface area contributed by atoms with Crippen LogP contribution in [0.15, 0.2) is 12.1 Å². The smallest absolute Gasteiger partial charge is 0.153 e. The van der Waals surface area contributed by atoms with E-state index >= 15 is 0 Å². The molecule has 1 fully saturated rings. The van der Waals surface area contributed by atoms with Crippen LogP contribution in [0.1, 0.15) is 24.5 Å². The number of benzene rings is 1. The Kier molecular flexibility index (Phi) is 3.91. The molecule has 0 saturated carbocycles. The average Bonchev–Trinajstić information content (AvgIpc) is 2.98. The van der Waals surface area contributed by atoms with Crippen molar-refractivity contribution in [2.24, 2.45) is 5.92 Å². The van der Waals surface area contributed by atoms with E-state index in [1.807, 2.05) is 16.3 Å². The minimum absolute atomic E-state index is 0.208. The summed E-state index contributed by atoms with van der Waals surface area (Å²) in [6, 6.07) is 2.21. The van der Waals surface area contributed by atoms with Crippen molar-refractivity contribution in [2.75, 3.05) is 11.5 Å². The Morgan fingerprint density at radius 1 is 1.50 bits per heavy atom. The van der Waals surface area contributed by atoms with Crippen molar-refractivity contribution in [1.29, 1.82) is 0 Å². The van der Waals surface area contributed by atoms with Crippen LogP contribution in [0, 0.1) is 17.6 Å². The van der Waals surface area contributed by atoms with Gasteiger partial charge in [-0.25, -0.2) is 13.8 Å². The Labute approximate surface area is 125 Å². The number of hydrogen-bond donors (Lipinski definition) is 0. The third-order valence-electron chi connectivity index (χ3n) is 3.62. The zero-order valence-corrected chi connectivity index (χ0v) is 12.6. The van der Waals surface area contributed by atoms with E-state index in [4.69, 9.17) is 11.6 Å². The van der Waals surface area contributed by atoms with Crippen molar-refractivity contribution in [2.45, 2.75) is 25.3 Å². The van der Waals surface area contributed by atoms with Crippen LogP contribution >= 0.6 is 23.4 Å². The summed E-state index contributed by atoms with van der Waals surface area (Å²) < 4.78 is 29.2. The molecule has 2 heterocycles. The fourth-order valence-corrected chi connectivity index (χ4v) is 4.09. The van der Waals surface area contributed by atoms with Crippen molar-refractivity contribution >= 4 is 34.4 Å². The lowest BCUT2D eigenvalue weighted by Crippen LogP contribution is -2.13. The highest BCUT2D eigenvalue weighted by molar-refractivity contribution is 7.99. The van der Waals surface area contributed by atoms with E-state index in [0.29, 0.717) is 17.3 Å². The van der Waals surface area contributed by atoms with Gasteiger partial charge >= 0.3 is 0 Å². The van der Waals surface area contributed by atoms with Gasteiger partial charge in [-0.15, -0.1) is 11.6 Å². The standard InChI is InChI=1S/C14H15ClF2N2S/c1-8(15)14-18-13-11(17)4-10(16)5-12(13)19(14)6-9-2-3-20-7-9/h4-5,8-9H,2-3,6-7H2,1H3. The summed E-state index contributed by atoms with van der Waals surface area (Å²) in [7, 11) is 0. The molecule has 2 unspecified atom stereocenters. The van der Waals surface area contributed by atoms with Gasteiger partial charge in [-0.3, -0.25) is 0 Å². The molecule has 1 saturated heterocycles. The number of nitrogens with zero attached hydrogens (tertiary/aromatic N) is 2. The minimum atomic E-state index is -0.627. The van der Waals surface area contributed by atoms with Gasteiger partial charge in [-0.2, -0.15) is 11.8 Å². The Morgan fingerprint density at radius 2 is 2.30 bits per heavy atom. The summed E-state index contributed by atoms with van der Waals surface area (Å²) in [6.45, 7) is 2.52. The molecule has 0 aliphatic carbocycles. The van der Waals surface area contributed by atoms with Gasteiger partial charge in [0.25, 0.3) is 0 Å². The predicted molar refractivity (Wildman–Crippen MR) is 79.3 cm³/mol. The highest BCUT2D eigenvalue weighted by Gasteiger charge is 2.23. The molecule has 2 atom stereocenters. The fraction of sp³-hybridized carbons (Fsp3) is 0.500. The summed E-state index contributed by atoms with van der Waals surface area (Å²) in [4.78, 5) is 4.28. The lowest BCUT2D eigenvalue weighted by atomic mass is 10.1. The number of thioether (sulfide) groups is 1. The summed E-state index contributed by atoms with van der Waals surface area (Å²) >= 11 is 8.07. The molecular formula is C14H15ClF2N2S. The van der Waals surface area contributed by atoms with Crippen LogP contribution in [0.4, 0.5) is 8.78 Å². The molecule has 0 spiro atoms. The number of aromatic nitrogens is 2. The maximum Gasteiger partial charge on any atom is 0.153 e. The van der Waals surface area contributed by atoms with Crippen LogP contribution in [-0.4, -0.2) is 21.1 Å². The van der Waals surface area contributed by atoms with Gasteiger partial charge in [0.05, 0.1) is 10.9 Å². The molecule has 108 valence electrons. The maximum atomic E-state index is 13.9. The van der Waals surface area contributed by atoms with Crippen LogP contribution in [0.3, 0.4) is 0 Å². The van der Waals surface area contributed by atoms with Gasteiger partial charge in [0, 0.05) is 12.6 Å². The molecule has 0 N–H and O–H groups in total. The Bertz CT molecular complexity index is 636. The van der Waals surface area contributed by atoms with Gasteiger partial charge in [0.15, 0.2) is 5.82 Å². The van der Waals surface area contributed by atoms with E-state index in [1.165, 1.54) is 6.07 Å². The fourth-order valence-electron chi connectivity index (χ4n) is 2.65. The molecule has 3 rings (SSSR count). The van der Waals surface area contributed by atoms with E-state index in [2.05, 4.69) is 4.98 Å². The monoisotopic (exact) mass is 316 g/mol. The molecule has 0 radical (unpaired) electrons. The first-order chi connectivity index (χ1) is 9.56. The van der Waals surface area contributed by atoms with Gasteiger partial charge in [-0.05, 0) is 36.8 Å². The van der Waals surface area contributed by atoms with E-state index in [9.17, 15) is 8.78 Å². The molecule has 1 aromatic carbocycles.